The van der Waals surface area contributed by atoms with Crippen molar-refractivity contribution in [1.29, 1.82) is 0 Å². The van der Waals surface area contributed by atoms with Crippen LogP contribution in [0.4, 0.5) is 8.78 Å². The van der Waals surface area contributed by atoms with Gasteiger partial charge in [-0.15, -0.1) is 0 Å². The molecular formula is C39H37F2N7O4. The highest BCUT2D eigenvalue weighted by Gasteiger charge is 2.29. The molecule has 8 rings (SSSR count). The molecule has 6 aromatic rings. The van der Waals surface area contributed by atoms with Crippen LogP contribution in [0.3, 0.4) is 0 Å². The number of ether oxygens (including phenoxy) is 1. The van der Waals surface area contributed by atoms with Gasteiger partial charge in [-0.3, -0.25) is 19.1 Å². The number of imidazole rings is 1. The lowest BCUT2D eigenvalue weighted by Gasteiger charge is -2.30. The Bertz CT molecular complexity index is 2390. The summed E-state index contributed by atoms with van der Waals surface area (Å²) < 4.78 is 37.7. The molecule has 1 N–H and O–H groups in total. The molecule has 0 spiro atoms. The Labute approximate surface area is 297 Å². The smallest absolute Gasteiger partial charge is 0.337 e. The average molecular weight is 706 g/mol. The van der Waals surface area contributed by atoms with E-state index in [-0.39, 0.29) is 28.7 Å². The summed E-state index contributed by atoms with van der Waals surface area (Å²) in [6.07, 6.45) is 6.54. The van der Waals surface area contributed by atoms with Gasteiger partial charge in [0.1, 0.15) is 23.0 Å². The minimum Gasteiger partial charge on any atom is -0.379 e. The average Bonchev–Trinajstić information content (AvgIpc) is 3.59. The molecule has 1 aliphatic heterocycles. The fourth-order valence-corrected chi connectivity index (χ4v) is 7.35. The largest absolute Gasteiger partial charge is 0.379 e. The maximum absolute atomic E-state index is 14.5. The van der Waals surface area contributed by atoms with Gasteiger partial charge < -0.3 is 14.5 Å². The third-order valence-electron chi connectivity index (χ3n) is 10.1. The number of benzene rings is 2. The highest BCUT2D eigenvalue weighted by Crippen LogP contribution is 2.29. The molecule has 1 saturated carbocycles. The number of aromatic nitrogens is 5. The van der Waals surface area contributed by atoms with E-state index < -0.39 is 28.9 Å². The van der Waals surface area contributed by atoms with Gasteiger partial charge in [0.25, 0.3) is 11.5 Å². The summed E-state index contributed by atoms with van der Waals surface area (Å²) in [4.78, 5) is 52.1. The molecule has 2 aliphatic rings. The topological polar surface area (TPSA) is 116 Å². The van der Waals surface area contributed by atoms with Crippen molar-refractivity contribution in [3.05, 3.63) is 129 Å². The van der Waals surface area contributed by atoms with Gasteiger partial charge in [-0.25, -0.2) is 28.1 Å². The van der Waals surface area contributed by atoms with Gasteiger partial charge in [-0.1, -0.05) is 36.4 Å². The van der Waals surface area contributed by atoms with Crippen LogP contribution in [0.25, 0.3) is 33.5 Å². The van der Waals surface area contributed by atoms with Gasteiger partial charge in [0.15, 0.2) is 5.65 Å². The van der Waals surface area contributed by atoms with E-state index in [9.17, 15) is 23.2 Å². The predicted octanol–water partition coefficient (Wildman–Crippen LogP) is 4.93. The molecule has 11 nitrogen and oxygen atoms in total. The zero-order valence-electron chi connectivity index (χ0n) is 28.4. The Morgan fingerprint density at radius 1 is 0.885 bits per heavy atom. The second kappa shape index (κ2) is 14.2. The van der Waals surface area contributed by atoms with Gasteiger partial charge >= 0.3 is 5.69 Å². The lowest BCUT2D eigenvalue weighted by molar-refractivity contribution is 0.0384. The first-order chi connectivity index (χ1) is 25.3. The van der Waals surface area contributed by atoms with Crippen LogP contribution in [-0.4, -0.2) is 73.2 Å². The van der Waals surface area contributed by atoms with Crippen molar-refractivity contribution < 1.29 is 18.3 Å². The van der Waals surface area contributed by atoms with Crippen molar-refractivity contribution in [2.24, 2.45) is 0 Å². The van der Waals surface area contributed by atoms with E-state index in [0.29, 0.717) is 37.0 Å². The van der Waals surface area contributed by atoms with E-state index in [1.165, 1.54) is 43.6 Å². The molecule has 13 heteroatoms. The minimum absolute atomic E-state index is 0.00772. The van der Waals surface area contributed by atoms with E-state index in [4.69, 9.17) is 4.74 Å². The summed E-state index contributed by atoms with van der Waals surface area (Å²) in [6.45, 7) is 4.41. The number of carbonyl (C=O) groups excluding carboxylic acids is 1. The van der Waals surface area contributed by atoms with Crippen molar-refractivity contribution in [2.75, 3.05) is 32.8 Å². The van der Waals surface area contributed by atoms with Gasteiger partial charge in [0.05, 0.1) is 30.5 Å². The molecule has 1 saturated heterocycles. The van der Waals surface area contributed by atoms with Gasteiger partial charge in [-0.05, 0) is 79.1 Å². The molecule has 52 heavy (non-hydrogen) atoms. The fraction of sp³-hybridized carbons (Fsp3) is 0.308. The number of morpholine rings is 1. The fourth-order valence-electron chi connectivity index (χ4n) is 7.35. The number of nitrogens with zero attached hydrogens (tertiary/aromatic N) is 6. The Hall–Kier alpha value is -5.53. The van der Waals surface area contributed by atoms with E-state index in [2.05, 4.69) is 44.5 Å². The third kappa shape index (κ3) is 6.76. The molecule has 1 amide bonds. The molecular weight excluding hydrogens is 668 g/mol. The Kier molecular flexibility index (Phi) is 9.20. The van der Waals surface area contributed by atoms with Crippen LogP contribution in [-0.2, 0) is 11.2 Å². The Morgan fingerprint density at radius 3 is 2.46 bits per heavy atom. The maximum Gasteiger partial charge on any atom is 0.337 e. The summed E-state index contributed by atoms with van der Waals surface area (Å²) in [6, 6.07) is 19.0. The number of fused-ring (bicyclic) bond motifs is 2. The second-order valence-electron chi connectivity index (χ2n) is 13.5. The first-order valence-corrected chi connectivity index (χ1v) is 17.6. The third-order valence-corrected chi connectivity index (χ3v) is 10.1. The van der Waals surface area contributed by atoms with Crippen LogP contribution >= 0.6 is 0 Å². The van der Waals surface area contributed by atoms with Crippen molar-refractivity contribution >= 4 is 22.6 Å². The second-order valence-corrected chi connectivity index (χ2v) is 13.5. The van der Waals surface area contributed by atoms with E-state index in [1.54, 1.807) is 6.07 Å². The van der Waals surface area contributed by atoms with Crippen molar-refractivity contribution in [1.82, 2.24) is 33.7 Å². The number of carbonyl (C=O) groups is 1. The van der Waals surface area contributed by atoms with E-state index in [1.807, 2.05) is 18.2 Å². The Morgan fingerprint density at radius 2 is 1.67 bits per heavy atom. The number of amides is 1. The van der Waals surface area contributed by atoms with Crippen molar-refractivity contribution in [3.8, 4) is 16.8 Å². The zero-order valence-corrected chi connectivity index (χ0v) is 28.4. The lowest BCUT2D eigenvalue weighted by atomic mass is 9.90. The quantitative estimate of drug-likeness (QED) is 0.239. The number of hydrogen-bond acceptors (Lipinski definition) is 7. The number of pyridine rings is 2. The normalized spacial score (nSPS) is 18.2. The summed E-state index contributed by atoms with van der Waals surface area (Å²) in [7, 11) is 0. The number of halogens is 2. The van der Waals surface area contributed by atoms with Crippen molar-refractivity contribution in [3.63, 3.8) is 0 Å². The number of nitrogens with one attached hydrogen (secondary N) is 1. The van der Waals surface area contributed by atoms with Crippen LogP contribution < -0.4 is 16.6 Å². The summed E-state index contributed by atoms with van der Waals surface area (Å²) in [5.41, 5.74) is 3.12. The molecule has 4 aromatic heterocycles. The first-order valence-electron chi connectivity index (χ1n) is 17.6. The molecule has 2 aromatic carbocycles. The lowest BCUT2D eigenvalue weighted by Crippen LogP contribution is -2.45. The van der Waals surface area contributed by atoms with Crippen molar-refractivity contribution in [2.45, 2.75) is 44.2 Å². The van der Waals surface area contributed by atoms with Gasteiger partial charge in [0, 0.05) is 44.1 Å². The maximum atomic E-state index is 14.5. The van der Waals surface area contributed by atoms with Gasteiger partial charge in [0.2, 0.25) is 0 Å². The van der Waals surface area contributed by atoms with Crippen LogP contribution in [0.1, 0.15) is 47.8 Å². The SMILES string of the molecule is O=C(NC1CCC(n2c(=O)c3cc(F)cnc3n(-c3cccc(-c4ccc(CCN5CCOCC5)cc4)c3)c2=O)CC1)c1cn2cc(F)ccc2n1. The monoisotopic (exact) mass is 705 g/mol. The molecule has 5 heterocycles. The zero-order chi connectivity index (χ0) is 35.8. The van der Waals surface area contributed by atoms with E-state index >= 15 is 0 Å². The highest BCUT2D eigenvalue weighted by molar-refractivity contribution is 5.93. The van der Waals surface area contributed by atoms with Crippen LogP contribution in [0, 0.1) is 11.6 Å². The highest BCUT2D eigenvalue weighted by atomic mass is 19.1. The van der Waals surface area contributed by atoms with E-state index in [0.717, 1.165) is 62.7 Å². The molecule has 2 fully saturated rings. The Balaban J connectivity index is 1.04. The van der Waals surface area contributed by atoms with Crippen LogP contribution in [0.15, 0.2) is 94.9 Å². The summed E-state index contributed by atoms with van der Waals surface area (Å²) in [5, 5.41) is 3.00. The number of hydrogen-bond donors (Lipinski definition) is 1. The standard InChI is InChI=1S/C39H37F2N7O4/c40-28-8-13-35-44-34(24-46(35)23-28)37(49)43-30-9-11-31(12-10-30)48-38(50)33-21-29(41)22-42-36(33)47(39(48)51)32-3-1-2-27(20-32)26-6-4-25(5-7-26)14-15-45-16-18-52-19-17-45/h1-8,13,20-24,30-31H,9-12,14-19H2,(H,43,49). The van der Waals surface area contributed by atoms with Crippen LogP contribution in [0.5, 0.6) is 0 Å². The summed E-state index contributed by atoms with van der Waals surface area (Å²) in [5.74, 6) is -1.50. The predicted molar refractivity (Wildman–Crippen MR) is 192 cm³/mol. The molecule has 266 valence electrons. The molecule has 0 unspecified atom stereocenters. The molecule has 0 atom stereocenters. The summed E-state index contributed by atoms with van der Waals surface area (Å²) >= 11 is 0. The molecule has 0 bridgehead atoms. The number of rotatable bonds is 8. The minimum atomic E-state index is -0.676. The molecule has 0 radical (unpaired) electrons. The van der Waals surface area contributed by atoms with Gasteiger partial charge in [-0.2, -0.15) is 0 Å². The molecule has 1 aliphatic carbocycles. The van der Waals surface area contributed by atoms with Crippen LogP contribution in [0.2, 0.25) is 0 Å². The first kappa shape index (κ1) is 33.6.